The van der Waals surface area contributed by atoms with Crippen molar-refractivity contribution >= 4 is 11.9 Å². The SMILES string of the molecule is CCOc1ccc(C(=O)Oc2c(C)cc(OC(=O)c3ccc(C)cc3)c(C)c2C)cc1. The van der Waals surface area contributed by atoms with Gasteiger partial charge in [0, 0.05) is 0 Å². The van der Waals surface area contributed by atoms with Gasteiger partial charge in [-0.2, -0.15) is 0 Å². The largest absolute Gasteiger partial charge is 0.494 e. The smallest absolute Gasteiger partial charge is 0.343 e. The lowest BCUT2D eigenvalue weighted by Crippen LogP contribution is -2.13. The molecule has 3 aromatic rings. The molecule has 0 aliphatic carbocycles. The van der Waals surface area contributed by atoms with E-state index in [0.29, 0.717) is 40.5 Å². The molecule has 5 nitrogen and oxygen atoms in total. The summed E-state index contributed by atoms with van der Waals surface area (Å²) in [7, 11) is 0. The standard InChI is InChI=1S/C26H26O5/c1-6-29-22-13-11-21(12-14-22)26(28)31-24-17(3)15-23(18(4)19(24)5)30-25(27)20-9-7-16(2)8-10-20/h7-15H,6H2,1-5H3. The molecule has 0 unspecified atom stereocenters. The Balaban J connectivity index is 1.79. The van der Waals surface area contributed by atoms with Gasteiger partial charge in [-0.25, -0.2) is 9.59 Å². The Bertz CT molecular complexity index is 1100. The molecule has 0 aliphatic rings. The van der Waals surface area contributed by atoms with E-state index in [1.165, 1.54) is 0 Å². The third-order valence-electron chi connectivity index (χ3n) is 5.06. The van der Waals surface area contributed by atoms with Crippen molar-refractivity contribution in [3.63, 3.8) is 0 Å². The lowest BCUT2D eigenvalue weighted by atomic mass is 10.0. The fourth-order valence-corrected chi connectivity index (χ4v) is 3.14. The fraction of sp³-hybridized carbons (Fsp3) is 0.231. The molecule has 0 radical (unpaired) electrons. The summed E-state index contributed by atoms with van der Waals surface area (Å²) in [4.78, 5) is 25.1. The highest BCUT2D eigenvalue weighted by Crippen LogP contribution is 2.34. The van der Waals surface area contributed by atoms with Crippen LogP contribution in [0, 0.1) is 27.7 Å². The Kier molecular flexibility index (Phi) is 6.75. The minimum atomic E-state index is -0.460. The van der Waals surface area contributed by atoms with Crippen LogP contribution in [0.1, 0.15) is 49.9 Å². The van der Waals surface area contributed by atoms with Crippen LogP contribution in [0.2, 0.25) is 0 Å². The van der Waals surface area contributed by atoms with Crippen LogP contribution < -0.4 is 14.2 Å². The van der Waals surface area contributed by atoms with Crippen LogP contribution in [-0.2, 0) is 0 Å². The van der Waals surface area contributed by atoms with E-state index in [0.717, 1.165) is 16.7 Å². The van der Waals surface area contributed by atoms with E-state index in [-0.39, 0.29) is 0 Å². The van der Waals surface area contributed by atoms with Crippen molar-refractivity contribution in [1.82, 2.24) is 0 Å². The second kappa shape index (κ2) is 9.47. The molecule has 31 heavy (non-hydrogen) atoms. The molecule has 0 aliphatic heterocycles. The Morgan fingerprint density at radius 2 is 1.29 bits per heavy atom. The highest BCUT2D eigenvalue weighted by Gasteiger charge is 2.19. The maximum Gasteiger partial charge on any atom is 0.343 e. The summed E-state index contributed by atoms with van der Waals surface area (Å²) in [6.07, 6.45) is 0. The second-order valence-corrected chi connectivity index (χ2v) is 7.37. The average molecular weight is 418 g/mol. The Hall–Kier alpha value is -3.60. The van der Waals surface area contributed by atoms with Crippen molar-refractivity contribution in [2.24, 2.45) is 0 Å². The van der Waals surface area contributed by atoms with Gasteiger partial charge in [-0.3, -0.25) is 0 Å². The molecule has 0 N–H and O–H groups in total. The predicted molar refractivity (Wildman–Crippen MR) is 119 cm³/mol. The van der Waals surface area contributed by atoms with E-state index >= 15 is 0 Å². The van der Waals surface area contributed by atoms with Gasteiger partial charge in [0.05, 0.1) is 17.7 Å². The topological polar surface area (TPSA) is 61.8 Å². The summed E-state index contributed by atoms with van der Waals surface area (Å²) in [6, 6.07) is 15.7. The first-order valence-electron chi connectivity index (χ1n) is 10.1. The molecule has 0 fully saturated rings. The van der Waals surface area contributed by atoms with Crippen molar-refractivity contribution in [1.29, 1.82) is 0 Å². The van der Waals surface area contributed by atoms with E-state index in [1.807, 2.05) is 46.8 Å². The van der Waals surface area contributed by atoms with Gasteiger partial charge in [-0.15, -0.1) is 0 Å². The molecule has 0 atom stereocenters. The molecule has 160 valence electrons. The monoisotopic (exact) mass is 418 g/mol. The Labute approximate surface area is 182 Å². The zero-order valence-corrected chi connectivity index (χ0v) is 18.4. The summed E-state index contributed by atoms with van der Waals surface area (Å²) < 4.78 is 16.7. The van der Waals surface area contributed by atoms with Crippen molar-refractivity contribution in [3.8, 4) is 17.2 Å². The van der Waals surface area contributed by atoms with Gasteiger partial charge in [0.2, 0.25) is 0 Å². The van der Waals surface area contributed by atoms with Gasteiger partial charge in [0.15, 0.2) is 0 Å². The third-order valence-corrected chi connectivity index (χ3v) is 5.06. The van der Waals surface area contributed by atoms with Gasteiger partial charge >= 0.3 is 11.9 Å². The minimum absolute atomic E-state index is 0.426. The highest BCUT2D eigenvalue weighted by molar-refractivity contribution is 5.92. The lowest BCUT2D eigenvalue weighted by molar-refractivity contribution is 0.0716. The number of carbonyl (C=O) groups excluding carboxylic acids is 2. The van der Waals surface area contributed by atoms with Crippen LogP contribution in [0.3, 0.4) is 0 Å². The fourth-order valence-electron chi connectivity index (χ4n) is 3.14. The minimum Gasteiger partial charge on any atom is -0.494 e. The predicted octanol–water partition coefficient (Wildman–Crippen LogP) is 5.76. The van der Waals surface area contributed by atoms with Crippen LogP contribution in [0.25, 0.3) is 0 Å². The normalized spacial score (nSPS) is 10.5. The van der Waals surface area contributed by atoms with Crippen LogP contribution in [-0.4, -0.2) is 18.5 Å². The number of ether oxygens (including phenoxy) is 3. The first-order valence-corrected chi connectivity index (χ1v) is 10.1. The molecule has 5 heteroatoms. The van der Waals surface area contributed by atoms with E-state index in [1.54, 1.807) is 42.5 Å². The van der Waals surface area contributed by atoms with Gasteiger partial charge in [0.25, 0.3) is 0 Å². The number of hydrogen-bond donors (Lipinski definition) is 0. The average Bonchev–Trinajstić information content (AvgIpc) is 2.76. The Morgan fingerprint density at radius 3 is 1.87 bits per heavy atom. The first kappa shape index (κ1) is 22.1. The van der Waals surface area contributed by atoms with Crippen molar-refractivity contribution in [2.45, 2.75) is 34.6 Å². The zero-order chi connectivity index (χ0) is 22.5. The van der Waals surface area contributed by atoms with E-state index in [2.05, 4.69) is 0 Å². The molecule has 0 heterocycles. The number of aryl methyl sites for hydroxylation is 2. The molecule has 0 amide bonds. The quantitative estimate of drug-likeness (QED) is 0.376. The summed E-state index contributed by atoms with van der Waals surface area (Å²) in [5.41, 5.74) is 4.15. The maximum atomic E-state index is 12.6. The van der Waals surface area contributed by atoms with Crippen LogP contribution >= 0.6 is 0 Å². The van der Waals surface area contributed by atoms with Crippen molar-refractivity contribution in [2.75, 3.05) is 6.61 Å². The zero-order valence-electron chi connectivity index (χ0n) is 18.4. The number of hydrogen-bond acceptors (Lipinski definition) is 5. The number of esters is 2. The molecular weight excluding hydrogens is 392 g/mol. The summed E-state index contributed by atoms with van der Waals surface area (Å²) >= 11 is 0. The van der Waals surface area contributed by atoms with Crippen molar-refractivity contribution < 1.29 is 23.8 Å². The molecule has 0 spiro atoms. The number of rotatable bonds is 6. The molecule has 0 saturated heterocycles. The second-order valence-electron chi connectivity index (χ2n) is 7.37. The van der Waals surface area contributed by atoms with Gasteiger partial charge in [-0.1, -0.05) is 17.7 Å². The molecule has 3 aromatic carbocycles. The van der Waals surface area contributed by atoms with Gasteiger partial charge in [-0.05, 0) is 93.8 Å². The van der Waals surface area contributed by atoms with Crippen LogP contribution in [0.5, 0.6) is 17.2 Å². The Morgan fingerprint density at radius 1 is 0.742 bits per heavy atom. The maximum absolute atomic E-state index is 12.6. The third kappa shape index (κ3) is 5.12. The first-order chi connectivity index (χ1) is 14.8. The van der Waals surface area contributed by atoms with E-state index < -0.39 is 11.9 Å². The molecule has 3 rings (SSSR count). The van der Waals surface area contributed by atoms with E-state index in [9.17, 15) is 9.59 Å². The van der Waals surface area contributed by atoms with Gasteiger partial charge < -0.3 is 14.2 Å². The van der Waals surface area contributed by atoms with Gasteiger partial charge in [0.1, 0.15) is 17.2 Å². The van der Waals surface area contributed by atoms with Crippen LogP contribution in [0.4, 0.5) is 0 Å². The summed E-state index contributed by atoms with van der Waals surface area (Å²) in [6.45, 7) is 9.91. The number of carbonyl (C=O) groups is 2. The van der Waals surface area contributed by atoms with Crippen molar-refractivity contribution in [3.05, 3.63) is 88.0 Å². The molecular formula is C26H26O5. The van der Waals surface area contributed by atoms with Crippen LogP contribution in [0.15, 0.2) is 54.6 Å². The number of benzene rings is 3. The summed E-state index contributed by atoms with van der Waals surface area (Å²) in [5, 5.41) is 0. The molecule has 0 aromatic heterocycles. The molecule has 0 saturated carbocycles. The highest BCUT2D eigenvalue weighted by atomic mass is 16.5. The van der Waals surface area contributed by atoms with E-state index in [4.69, 9.17) is 14.2 Å². The lowest BCUT2D eigenvalue weighted by Gasteiger charge is -2.16. The summed E-state index contributed by atoms with van der Waals surface area (Å²) in [5.74, 6) is 0.717. The molecule has 0 bridgehead atoms.